The van der Waals surface area contributed by atoms with E-state index in [0.717, 1.165) is 23.0 Å². The van der Waals surface area contributed by atoms with Gasteiger partial charge in [0.25, 0.3) is 5.91 Å². The van der Waals surface area contributed by atoms with E-state index in [-0.39, 0.29) is 37.4 Å². The molecule has 0 bridgehead atoms. The van der Waals surface area contributed by atoms with Crippen molar-refractivity contribution in [3.05, 3.63) is 89.5 Å². The van der Waals surface area contributed by atoms with E-state index < -0.39 is 41.0 Å². The Morgan fingerprint density at radius 3 is 2.17 bits per heavy atom. The molecule has 8 nitrogen and oxygen atoms in total. The molecule has 46 heavy (non-hydrogen) atoms. The average molecular weight is 664 g/mol. The first kappa shape index (κ1) is 32.9. The topological polar surface area (TPSA) is 80.6 Å². The van der Waals surface area contributed by atoms with Crippen LogP contribution in [0.2, 0.25) is 0 Å². The van der Waals surface area contributed by atoms with Crippen molar-refractivity contribution in [3.63, 3.8) is 0 Å². The fourth-order valence-corrected chi connectivity index (χ4v) is 5.92. The van der Waals surface area contributed by atoms with Gasteiger partial charge in [0.1, 0.15) is 5.75 Å². The minimum absolute atomic E-state index is 0.0211. The normalized spacial score (nSPS) is 15.6. The van der Waals surface area contributed by atoms with E-state index in [1.807, 2.05) is 53.1 Å². The average Bonchev–Trinajstić information content (AvgIpc) is 3.46. The molecule has 0 spiro atoms. The predicted octanol–water partition coefficient (Wildman–Crippen LogP) is 6.45. The van der Waals surface area contributed by atoms with E-state index in [4.69, 9.17) is 4.74 Å². The van der Waals surface area contributed by atoms with Gasteiger partial charge in [0, 0.05) is 42.5 Å². The number of methoxy groups -OCH3 is 1. The third-order valence-corrected chi connectivity index (χ3v) is 8.29. The summed E-state index contributed by atoms with van der Waals surface area (Å²) in [5.74, 6) is -0.138. The van der Waals surface area contributed by atoms with Gasteiger partial charge in [-0.05, 0) is 49.4 Å². The molecule has 1 fully saturated rings. The number of benzene rings is 3. The van der Waals surface area contributed by atoms with Crippen LogP contribution < -0.4 is 4.74 Å². The number of nitrogens with zero attached hydrogens (tertiary/aromatic N) is 5. The van der Waals surface area contributed by atoms with E-state index in [1.165, 1.54) is 9.80 Å². The monoisotopic (exact) mass is 663 g/mol. The van der Waals surface area contributed by atoms with E-state index in [9.17, 15) is 35.9 Å². The van der Waals surface area contributed by atoms with Gasteiger partial charge in [-0.15, -0.1) is 10.2 Å². The number of alkyl halides is 6. The smallest absolute Gasteiger partial charge is 0.416 e. The van der Waals surface area contributed by atoms with Crippen LogP contribution in [0.4, 0.5) is 26.3 Å². The maximum Gasteiger partial charge on any atom is 0.416 e. The van der Waals surface area contributed by atoms with Gasteiger partial charge in [0.2, 0.25) is 5.91 Å². The number of amides is 2. The van der Waals surface area contributed by atoms with Gasteiger partial charge in [-0.1, -0.05) is 42.1 Å². The van der Waals surface area contributed by atoms with Gasteiger partial charge in [0.15, 0.2) is 11.0 Å². The SMILES string of the molecule is COc1cccc(-c2nnc(SCC(=O)N3CCN(C(=O)c4cc(C(F)(F)F)cc(C(F)(F)F)c4)C(C)C3)n2-c2ccccc2)c1. The highest BCUT2D eigenvalue weighted by Crippen LogP contribution is 2.37. The predicted molar refractivity (Wildman–Crippen MR) is 158 cm³/mol. The molecular formula is C31H27F6N5O3S. The first-order chi connectivity index (χ1) is 21.8. The van der Waals surface area contributed by atoms with Crippen molar-refractivity contribution in [1.29, 1.82) is 0 Å². The molecule has 2 amide bonds. The molecule has 0 saturated carbocycles. The molecule has 2 heterocycles. The zero-order valence-corrected chi connectivity index (χ0v) is 25.3. The Balaban J connectivity index is 1.30. The molecule has 3 aromatic carbocycles. The quantitative estimate of drug-likeness (QED) is 0.167. The van der Waals surface area contributed by atoms with Gasteiger partial charge >= 0.3 is 12.4 Å². The Morgan fingerprint density at radius 1 is 0.891 bits per heavy atom. The molecule has 1 saturated heterocycles. The molecule has 1 unspecified atom stereocenters. The Labute approximate surface area is 264 Å². The number of piperazine rings is 1. The highest BCUT2D eigenvalue weighted by Gasteiger charge is 2.39. The van der Waals surface area contributed by atoms with Crippen molar-refractivity contribution in [1.82, 2.24) is 24.6 Å². The standard InChI is InChI=1S/C31H27F6N5O3S/c1-19-17-40(11-12-41(19)28(44)21-13-22(30(32,33)34)16-23(14-21)31(35,36)37)26(43)18-46-29-39-38-27(20-7-6-10-25(15-20)45-2)42(29)24-8-4-3-5-9-24/h3-10,13-16,19H,11-12,17-18H2,1-2H3. The number of aromatic nitrogens is 3. The molecular weight excluding hydrogens is 636 g/mol. The van der Waals surface area contributed by atoms with Crippen LogP contribution in [-0.2, 0) is 17.1 Å². The molecule has 1 aliphatic heterocycles. The Kier molecular flexibility index (Phi) is 9.33. The molecule has 0 aliphatic carbocycles. The summed E-state index contributed by atoms with van der Waals surface area (Å²) in [6, 6.07) is 16.8. The highest BCUT2D eigenvalue weighted by atomic mass is 32.2. The fourth-order valence-electron chi connectivity index (χ4n) is 5.07. The Morgan fingerprint density at radius 2 is 1.57 bits per heavy atom. The summed E-state index contributed by atoms with van der Waals surface area (Å²) in [5, 5.41) is 9.14. The molecule has 1 aromatic heterocycles. The number of ether oxygens (including phenoxy) is 1. The van der Waals surface area contributed by atoms with Gasteiger partial charge in [-0.2, -0.15) is 26.3 Å². The minimum atomic E-state index is -5.08. The summed E-state index contributed by atoms with van der Waals surface area (Å²) in [6.07, 6.45) is -10.2. The van der Waals surface area contributed by atoms with Crippen molar-refractivity contribution in [2.45, 2.75) is 30.5 Å². The highest BCUT2D eigenvalue weighted by molar-refractivity contribution is 7.99. The molecule has 1 atom stereocenters. The van der Waals surface area contributed by atoms with Crippen LogP contribution in [0.25, 0.3) is 17.1 Å². The number of carbonyl (C=O) groups is 2. The van der Waals surface area contributed by atoms with Gasteiger partial charge in [-0.25, -0.2) is 0 Å². The zero-order valence-electron chi connectivity index (χ0n) is 24.5. The number of para-hydroxylation sites is 1. The largest absolute Gasteiger partial charge is 0.497 e. The summed E-state index contributed by atoms with van der Waals surface area (Å²) in [6.45, 7) is 1.58. The number of hydrogen-bond acceptors (Lipinski definition) is 6. The zero-order chi connectivity index (χ0) is 33.2. The second-order valence-electron chi connectivity index (χ2n) is 10.5. The lowest BCUT2D eigenvalue weighted by Crippen LogP contribution is -2.55. The van der Waals surface area contributed by atoms with Crippen molar-refractivity contribution in [3.8, 4) is 22.8 Å². The number of hydrogen-bond donors (Lipinski definition) is 0. The first-order valence-electron chi connectivity index (χ1n) is 13.9. The van der Waals surface area contributed by atoms with Crippen LogP contribution in [0.5, 0.6) is 5.75 Å². The first-order valence-corrected chi connectivity index (χ1v) is 14.9. The maximum absolute atomic E-state index is 13.3. The summed E-state index contributed by atoms with van der Waals surface area (Å²) < 4.78 is 87.2. The van der Waals surface area contributed by atoms with E-state index in [2.05, 4.69) is 10.2 Å². The lowest BCUT2D eigenvalue weighted by Gasteiger charge is -2.40. The van der Waals surface area contributed by atoms with Crippen LogP contribution in [-0.4, -0.2) is 74.9 Å². The van der Waals surface area contributed by atoms with Crippen molar-refractivity contribution < 1.29 is 40.7 Å². The van der Waals surface area contributed by atoms with E-state index in [1.54, 1.807) is 20.1 Å². The van der Waals surface area contributed by atoms with E-state index >= 15 is 0 Å². The minimum Gasteiger partial charge on any atom is -0.497 e. The van der Waals surface area contributed by atoms with Gasteiger partial charge in [0.05, 0.1) is 24.0 Å². The number of carbonyl (C=O) groups excluding carboxylic acids is 2. The number of halogens is 6. The van der Waals surface area contributed by atoms with Crippen LogP contribution in [0.15, 0.2) is 78.0 Å². The second kappa shape index (κ2) is 13.1. The van der Waals surface area contributed by atoms with E-state index in [0.29, 0.717) is 28.9 Å². The molecule has 0 N–H and O–H groups in total. The second-order valence-corrected chi connectivity index (χ2v) is 11.4. The third-order valence-electron chi connectivity index (χ3n) is 7.38. The van der Waals surface area contributed by atoms with Crippen molar-refractivity contribution in [2.75, 3.05) is 32.5 Å². The summed E-state index contributed by atoms with van der Waals surface area (Å²) in [5.41, 5.74) is -2.35. The molecule has 0 radical (unpaired) electrons. The molecule has 4 aromatic rings. The Hall–Kier alpha value is -4.53. The van der Waals surface area contributed by atoms with Crippen molar-refractivity contribution in [2.24, 2.45) is 0 Å². The van der Waals surface area contributed by atoms with Crippen LogP contribution >= 0.6 is 11.8 Å². The molecule has 5 rings (SSSR count). The van der Waals surface area contributed by atoms with Crippen LogP contribution in [0.1, 0.15) is 28.4 Å². The maximum atomic E-state index is 13.3. The van der Waals surface area contributed by atoms with Gasteiger partial charge < -0.3 is 14.5 Å². The fraction of sp³-hybridized carbons (Fsp3) is 0.290. The van der Waals surface area contributed by atoms with Crippen LogP contribution in [0.3, 0.4) is 0 Å². The number of rotatable bonds is 7. The lowest BCUT2D eigenvalue weighted by molar-refractivity contribution is -0.143. The van der Waals surface area contributed by atoms with Crippen LogP contribution in [0, 0.1) is 0 Å². The lowest BCUT2D eigenvalue weighted by atomic mass is 10.0. The third kappa shape index (κ3) is 7.14. The summed E-state index contributed by atoms with van der Waals surface area (Å²) >= 11 is 1.16. The van der Waals surface area contributed by atoms with Crippen molar-refractivity contribution >= 4 is 23.6 Å². The summed E-state index contributed by atoms with van der Waals surface area (Å²) in [7, 11) is 1.56. The molecule has 1 aliphatic rings. The Bertz CT molecular complexity index is 1700. The summed E-state index contributed by atoms with van der Waals surface area (Å²) in [4.78, 5) is 29.1. The van der Waals surface area contributed by atoms with Gasteiger partial charge in [-0.3, -0.25) is 14.2 Å². The number of thioether (sulfide) groups is 1. The molecule has 15 heteroatoms. The molecule has 242 valence electrons.